The van der Waals surface area contributed by atoms with Crippen LogP contribution in [-0.2, 0) is 4.79 Å². The van der Waals surface area contributed by atoms with E-state index in [2.05, 4.69) is 6.92 Å². The van der Waals surface area contributed by atoms with Crippen LogP contribution in [0.5, 0.6) is 0 Å². The van der Waals surface area contributed by atoms with Crippen molar-refractivity contribution in [3.63, 3.8) is 0 Å². The average molecular weight is 171 g/mol. The van der Waals surface area contributed by atoms with E-state index in [-0.39, 0.29) is 6.04 Å². The fourth-order valence-corrected chi connectivity index (χ4v) is 1.09. The lowest BCUT2D eigenvalue weighted by atomic mass is 10.1. The predicted octanol–water partition coefficient (Wildman–Crippen LogP) is 2.26. The average Bonchev–Trinajstić information content (AvgIpc) is 2.01. The first-order valence-electron chi connectivity index (χ1n) is 4.94. The van der Waals surface area contributed by atoms with Crippen LogP contribution in [0.4, 0.5) is 0 Å². The third-order valence-electron chi connectivity index (χ3n) is 1.94. The summed E-state index contributed by atoms with van der Waals surface area (Å²) in [7, 11) is 0. The lowest BCUT2D eigenvalue weighted by Gasteiger charge is -2.03. The highest BCUT2D eigenvalue weighted by Crippen LogP contribution is 2.04. The fraction of sp³-hybridized carbons (Fsp3) is 0.900. The summed E-state index contributed by atoms with van der Waals surface area (Å²) in [5.74, 6) is 0.376. The maximum absolute atomic E-state index is 11.2. The van der Waals surface area contributed by atoms with Gasteiger partial charge in [0.25, 0.3) is 0 Å². The Morgan fingerprint density at radius 3 is 2.50 bits per heavy atom. The summed E-state index contributed by atoms with van der Waals surface area (Å²) in [5.41, 5.74) is 5.54. The van der Waals surface area contributed by atoms with Crippen molar-refractivity contribution >= 4 is 5.78 Å². The number of rotatable bonds is 7. The van der Waals surface area contributed by atoms with Gasteiger partial charge in [0.1, 0.15) is 5.78 Å². The first-order chi connectivity index (χ1) is 5.66. The molecule has 0 bridgehead atoms. The second-order valence-corrected chi connectivity index (χ2v) is 3.51. The number of unbranched alkanes of at least 4 members (excludes halogenated alkanes) is 2. The Morgan fingerprint density at radius 1 is 1.33 bits per heavy atom. The molecule has 0 aliphatic carbocycles. The fourth-order valence-electron chi connectivity index (χ4n) is 1.09. The third kappa shape index (κ3) is 7.73. The van der Waals surface area contributed by atoms with Gasteiger partial charge in [-0.25, -0.2) is 0 Å². The summed E-state index contributed by atoms with van der Waals surface area (Å²) in [5, 5.41) is 0. The molecule has 1 unspecified atom stereocenters. The van der Waals surface area contributed by atoms with Crippen molar-refractivity contribution in [3.8, 4) is 0 Å². The van der Waals surface area contributed by atoms with Gasteiger partial charge in [-0.1, -0.05) is 19.8 Å². The van der Waals surface area contributed by atoms with Gasteiger partial charge in [0.05, 0.1) is 0 Å². The minimum atomic E-state index is 0.167. The molecule has 0 amide bonds. The van der Waals surface area contributed by atoms with Gasteiger partial charge >= 0.3 is 0 Å². The van der Waals surface area contributed by atoms with Crippen LogP contribution in [0.25, 0.3) is 0 Å². The van der Waals surface area contributed by atoms with Crippen LogP contribution in [-0.4, -0.2) is 11.8 Å². The Bertz CT molecular complexity index is 121. The van der Waals surface area contributed by atoms with Gasteiger partial charge < -0.3 is 5.73 Å². The Hall–Kier alpha value is -0.370. The van der Waals surface area contributed by atoms with Crippen molar-refractivity contribution in [2.75, 3.05) is 0 Å². The summed E-state index contributed by atoms with van der Waals surface area (Å²) in [6, 6.07) is 0.167. The highest BCUT2D eigenvalue weighted by Gasteiger charge is 2.02. The first kappa shape index (κ1) is 11.6. The number of carbonyl (C=O) groups is 1. The van der Waals surface area contributed by atoms with E-state index in [0.29, 0.717) is 12.2 Å². The van der Waals surface area contributed by atoms with Crippen LogP contribution in [0.1, 0.15) is 52.4 Å². The molecule has 2 nitrogen and oxygen atoms in total. The summed E-state index contributed by atoms with van der Waals surface area (Å²) in [6.45, 7) is 4.09. The van der Waals surface area contributed by atoms with Crippen LogP contribution in [0, 0.1) is 0 Å². The Morgan fingerprint density at radius 2 is 2.00 bits per heavy atom. The predicted molar refractivity (Wildman–Crippen MR) is 52.0 cm³/mol. The van der Waals surface area contributed by atoms with E-state index in [1.54, 1.807) is 0 Å². The third-order valence-corrected chi connectivity index (χ3v) is 1.94. The Balaban J connectivity index is 3.22. The highest BCUT2D eigenvalue weighted by atomic mass is 16.1. The van der Waals surface area contributed by atoms with Gasteiger partial charge in [-0.2, -0.15) is 0 Å². The topological polar surface area (TPSA) is 43.1 Å². The number of Topliss-reactive ketones (excluding diaryl/α,β-unsaturated/α-hetero) is 1. The largest absolute Gasteiger partial charge is 0.328 e. The van der Waals surface area contributed by atoms with Crippen LogP contribution in [0.2, 0.25) is 0 Å². The van der Waals surface area contributed by atoms with E-state index in [1.165, 1.54) is 12.8 Å². The van der Waals surface area contributed by atoms with Gasteiger partial charge in [-0.3, -0.25) is 4.79 Å². The molecule has 0 aliphatic rings. The van der Waals surface area contributed by atoms with Crippen LogP contribution in [0.3, 0.4) is 0 Å². The van der Waals surface area contributed by atoms with Gasteiger partial charge in [-0.05, 0) is 19.8 Å². The molecule has 0 saturated carbocycles. The van der Waals surface area contributed by atoms with Gasteiger partial charge in [-0.15, -0.1) is 0 Å². The molecule has 0 aliphatic heterocycles. The molecular formula is C10H21NO. The molecule has 2 heteroatoms. The molecule has 0 heterocycles. The first-order valence-corrected chi connectivity index (χ1v) is 4.94. The van der Waals surface area contributed by atoms with E-state index in [0.717, 1.165) is 19.3 Å². The smallest absolute Gasteiger partial charge is 0.132 e. The van der Waals surface area contributed by atoms with E-state index in [9.17, 15) is 4.79 Å². The summed E-state index contributed by atoms with van der Waals surface area (Å²) in [4.78, 5) is 11.2. The SMILES string of the molecule is CCCCCC(=O)CCC(C)N. The molecule has 0 aromatic heterocycles. The molecule has 0 aromatic rings. The normalized spacial score (nSPS) is 12.9. The van der Waals surface area contributed by atoms with Crippen molar-refractivity contribution in [2.24, 2.45) is 5.73 Å². The maximum atomic E-state index is 11.2. The Kier molecular flexibility index (Phi) is 7.06. The number of hydrogen-bond acceptors (Lipinski definition) is 2. The molecule has 2 N–H and O–H groups in total. The minimum Gasteiger partial charge on any atom is -0.328 e. The highest BCUT2D eigenvalue weighted by molar-refractivity contribution is 5.78. The molecule has 72 valence electrons. The quantitative estimate of drug-likeness (QED) is 0.597. The molecule has 12 heavy (non-hydrogen) atoms. The summed E-state index contributed by atoms with van der Waals surface area (Å²) < 4.78 is 0. The van der Waals surface area contributed by atoms with Crippen molar-refractivity contribution in [1.29, 1.82) is 0 Å². The molecule has 0 fully saturated rings. The lowest BCUT2D eigenvalue weighted by molar-refractivity contribution is -0.119. The number of hydrogen-bond donors (Lipinski definition) is 1. The van der Waals surface area contributed by atoms with E-state index in [4.69, 9.17) is 5.73 Å². The summed E-state index contributed by atoms with van der Waals surface area (Å²) >= 11 is 0. The van der Waals surface area contributed by atoms with Gasteiger partial charge in [0.2, 0.25) is 0 Å². The van der Waals surface area contributed by atoms with E-state index >= 15 is 0 Å². The zero-order valence-electron chi connectivity index (χ0n) is 8.31. The van der Waals surface area contributed by atoms with E-state index < -0.39 is 0 Å². The monoisotopic (exact) mass is 171 g/mol. The maximum Gasteiger partial charge on any atom is 0.132 e. The zero-order chi connectivity index (χ0) is 9.40. The van der Waals surface area contributed by atoms with Crippen LogP contribution < -0.4 is 5.73 Å². The number of nitrogens with two attached hydrogens (primary N) is 1. The lowest BCUT2D eigenvalue weighted by Crippen LogP contribution is -2.16. The van der Waals surface area contributed by atoms with Crippen molar-refractivity contribution < 1.29 is 4.79 Å². The van der Waals surface area contributed by atoms with Crippen molar-refractivity contribution in [2.45, 2.75) is 58.4 Å². The molecular weight excluding hydrogens is 150 g/mol. The van der Waals surface area contributed by atoms with Crippen molar-refractivity contribution in [1.82, 2.24) is 0 Å². The van der Waals surface area contributed by atoms with Gasteiger partial charge in [0.15, 0.2) is 0 Å². The molecule has 0 aromatic carbocycles. The van der Waals surface area contributed by atoms with Gasteiger partial charge in [0, 0.05) is 18.9 Å². The Labute approximate surface area is 75.5 Å². The molecule has 0 rings (SSSR count). The molecule has 0 spiro atoms. The standard InChI is InChI=1S/C10H21NO/c1-3-4-5-6-10(12)8-7-9(2)11/h9H,3-8,11H2,1-2H3. The van der Waals surface area contributed by atoms with Crippen LogP contribution in [0.15, 0.2) is 0 Å². The molecule has 1 atom stereocenters. The number of carbonyl (C=O) groups excluding carboxylic acids is 1. The number of ketones is 1. The molecule has 0 saturated heterocycles. The van der Waals surface area contributed by atoms with Crippen LogP contribution >= 0.6 is 0 Å². The zero-order valence-corrected chi connectivity index (χ0v) is 8.31. The van der Waals surface area contributed by atoms with Crippen molar-refractivity contribution in [3.05, 3.63) is 0 Å². The molecule has 0 radical (unpaired) electrons. The van der Waals surface area contributed by atoms with E-state index in [1.807, 2.05) is 6.92 Å². The summed E-state index contributed by atoms with van der Waals surface area (Å²) in [6.07, 6.45) is 5.66. The second-order valence-electron chi connectivity index (χ2n) is 3.51. The second kappa shape index (κ2) is 7.29. The minimum absolute atomic E-state index is 0.167.